The number of ketones is 1. The summed E-state index contributed by atoms with van der Waals surface area (Å²) < 4.78 is 1.51. The van der Waals surface area contributed by atoms with Gasteiger partial charge in [-0.15, -0.1) is 5.48 Å². The van der Waals surface area contributed by atoms with E-state index in [1.54, 1.807) is 44.4 Å². The van der Waals surface area contributed by atoms with E-state index in [4.69, 9.17) is 16.4 Å². The summed E-state index contributed by atoms with van der Waals surface area (Å²) in [6.07, 6.45) is 1.55. The van der Waals surface area contributed by atoms with Crippen LogP contribution in [0.15, 0.2) is 30.5 Å². The van der Waals surface area contributed by atoms with Crippen LogP contribution in [0.1, 0.15) is 26.4 Å². The Morgan fingerprint density at radius 3 is 2.67 bits per heavy atom. The highest BCUT2D eigenvalue weighted by Gasteiger charge is 2.15. The van der Waals surface area contributed by atoms with Gasteiger partial charge in [0.25, 0.3) is 0 Å². The number of hydrogen-bond donors (Lipinski definition) is 1. The standard InChI is InChI=1S/C14H14ClN3O3/c1-9-11(8-18(2)17-9)14(20)21-16-7-13(19)10-5-3-4-6-12(10)15/h3-6,8,16H,7H2,1-2H3. The molecule has 6 nitrogen and oxygen atoms in total. The SMILES string of the molecule is Cc1nn(C)cc1C(=O)ONCC(=O)c1ccccc1Cl. The van der Waals surface area contributed by atoms with Crippen LogP contribution in [0, 0.1) is 6.92 Å². The first-order chi connectivity index (χ1) is 9.99. The van der Waals surface area contributed by atoms with Crippen molar-refractivity contribution in [3.8, 4) is 0 Å². The van der Waals surface area contributed by atoms with Crippen molar-refractivity contribution in [2.75, 3.05) is 6.54 Å². The molecule has 2 aromatic rings. The number of Topliss-reactive ketones (excluding diaryl/α,β-unsaturated/α-hetero) is 1. The third-order valence-corrected chi connectivity index (χ3v) is 3.13. The molecule has 0 saturated carbocycles. The van der Waals surface area contributed by atoms with Crippen molar-refractivity contribution >= 4 is 23.4 Å². The van der Waals surface area contributed by atoms with Crippen LogP contribution in [0.25, 0.3) is 0 Å². The topological polar surface area (TPSA) is 73.2 Å². The van der Waals surface area contributed by atoms with Crippen molar-refractivity contribution in [1.29, 1.82) is 0 Å². The van der Waals surface area contributed by atoms with Gasteiger partial charge in [0.1, 0.15) is 5.56 Å². The number of carbonyl (C=O) groups is 2. The number of halogens is 1. The Hall–Kier alpha value is -2.18. The molecule has 1 aromatic carbocycles. The molecular weight excluding hydrogens is 294 g/mol. The lowest BCUT2D eigenvalue weighted by atomic mass is 10.1. The van der Waals surface area contributed by atoms with Crippen molar-refractivity contribution in [2.24, 2.45) is 7.05 Å². The molecule has 1 heterocycles. The average molecular weight is 308 g/mol. The molecule has 0 unspecified atom stereocenters. The number of benzene rings is 1. The predicted molar refractivity (Wildman–Crippen MR) is 77.1 cm³/mol. The molecule has 0 aliphatic carbocycles. The summed E-state index contributed by atoms with van der Waals surface area (Å²) in [6.45, 7) is 1.54. The molecule has 0 spiro atoms. The molecule has 0 bridgehead atoms. The highest BCUT2D eigenvalue weighted by molar-refractivity contribution is 6.34. The normalized spacial score (nSPS) is 10.4. The van der Waals surface area contributed by atoms with Crippen LogP contribution in [-0.2, 0) is 11.9 Å². The first kappa shape index (κ1) is 15.2. The molecule has 110 valence electrons. The summed E-state index contributed by atoms with van der Waals surface area (Å²) in [5, 5.41) is 4.40. The number of rotatable bonds is 5. The minimum absolute atomic E-state index is 0.158. The van der Waals surface area contributed by atoms with E-state index >= 15 is 0 Å². The van der Waals surface area contributed by atoms with Gasteiger partial charge in [0.2, 0.25) is 0 Å². The summed E-state index contributed by atoms with van der Waals surface area (Å²) in [5.41, 5.74) is 3.63. The van der Waals surface area contributed by atoms with E-state index in [-0.39, 0.29) is 12.3 Å². The molecule has 0 atom stereocenters. The lowest BCUT2D eigenvalue weighted by Gasteiger charge is -2.05. The van der Waals surface area contributed by atoms with Crippen LogP contribution >= 0.6 is 11.6 Å². The van der Waals surface area contributed by atoms with Crippen molar-refractivity contribution in [3.63, 3.8) is 0 Å². The van der Waals surface area contributed by atoms with Crippen LogP contribution in [0.4, 0.5) is 0 Å². The second-order valence-electron chi connectivity index (χ2n) is 4.42. The van der Waals surface area contributed by atoms with E-state index in [2.05, 4.69) is 10.6 Å². The van der Waals surface area contributed by atoms with Gasteiger partial charge in [-0.25, -0.2) is 4.79 Å². The van der Waals surface area contributed by atoms with Gasteiger partial charge < -0.3 is 4.84 Å². The molecule has 0 saturated heterocycles. The number of hydroxylamine groups is 1. The molecule has 1 aromatic heterocycles. The maximum absolute atomic E-state index is 11.9. The van der Waals surface area contributed by atoms with E-state index in [0.29, 0.717) is 21.8 Å². The maximum atomic E-state index is 11.9. The zero-order chi connectivity index (χ0) is 15.4. The van der Waals surface area contributed by atoms with Gasteiger partial charge in [0, 0.05) is 18.8 Å². The molecule has 0 fully saturated rings. The first-order valence-electron chi connectivity index (χ1n) is 6.21. The van der Waals surface area contributed by atoms with E-state index < -0.39 is 5.97 Å². The van der Waals surface area contributed by atoms with Crippen molar-refractivity contribution < 1.29 is 14.4 Å². The summed E-state index contributed by atoms with van der Waals surface area (Å²) in [6, 6.07) is 6.68. The number of aromatic nitrogens is 2. The summed E-state index contributed by atoms with van der Waals surface area (Å²) >= 11 is 5.91. The van der Waals surface area contributed by atoms with Crippen molar-refractivity contribution in [1.82, 2.24) is 15.3 Å². The van der Waals surface area contributed by atoms with E-state index in [1.165, 1.54) is 4.68 Å². The third-order valence-electron chi connectivity index (χ3n) is 2.81. The van der Waals surface area contributed by atoms with Crippen LogP contribution < -0.4 is 5.48 Å². The highest BCUT2D eigenvalue weighted by atomic mass is 35.5. The fourth-order valence-corrected chi connectivity index (χ4v) is 2.05. The Balaban J connectivity index is 1.90. The zero-order valence-corrected chi connectivity index (χ0v) is 12.3. The second-order valence-corrected chi connectivity index (χ2v) is 4.82. The minimum Gasteiger partial charge on any atom is -0.366 e. The number of carbonyl (C=O) groups excluding carboxylic acids is 2. The lowest BCUT2D eigenvalue weighted by Crippen LogP contribution is -2.26. The maximum Gasteiger partial charge on any atom is 0.360 e. The van der Waals surface area contributed by atoms with Gasteiger partial charge in [-0.1, -0.05) is 23.7 Å². The van der Waals surface area contributed by atoms with Crippen LogP contribution in [0.5, 0.6) is 0 Å². The molecule has 21 heavy (non-hydrogen) atoms. The highest BCUT2D eigenvalue weighted by Crippen LogP contribution is 2.15. The monoisotopic (exact) mass is 307 g/mol. The molecule has 2 rings (SSSR count). The van der Waals surface area contributed by atoms with Gasteiger partial charge in [-0.05, 0) is 19.1 Å². The van der Waals surface area contributed by atoms with Crippen LogP contribution in [0.3, 0.4) is 0 Å². The number of hydrogen-bond acceptors (Lipinski definition) is 5. The van der Waals surface area contributed by atoms with Gasteiger partial charge >= 0.3 is 5.97 Å². The number of nitrogens with one attached hydrogen (secondary N) is 1. The second kappa shape index (κ2) is 6.51. The smallest absolute Gasteiger partial charge is 0.360 e. The van der Waals surface area contributed by atoms with Gasteiger partial charge in [0.05, 0.1) is 17.3 Å². The number of aryl methyl sites for hydroxylation is 2. The zero-order valence-electron chi connectivity index (χ0n) is 11.6. The molecule has 0 aliphatic heterocycles. The van der Waals surface area contributed by atoms with Gasteiger partial charge in [0.15, 0.2) is 5.78 Å². The summed E-state index contributed by atoms with van der Waals surface area (Å²) in [7, 11) is 1.71. The van der Waals surface area contributed by atoms with E-state index in [9.17, 15) is 9.59 Å². The Kier molecular flexibility index (Phi) is 4.72. The minimum atomic E-state index is -0.590. The van der Waals surface area contributed by atoms with Crippen LogP contribution in [0.2, 0.25) is 5.02 Å². The fourth-order valence-electron chi connectivity index (χ4n) is 1.80. The third kappa shape index (κ3) is 3.68. The molecule has 1 N–H and O–H groups in total. The lowest BCUT2D eigenvalue weighted by molar-refractivity contribution is 0.0258. The van der Waals surface area contributed by atoms with Crippen LogP contribution in [-0.4, -0.2) is 28.1 Å². The molecule has 7 heteroatoms. The Morgan fingerprint density at radius 1 is 1.33 bits per heavy atom. The molecule has 0 radical (unpaired) electrons. The molecule has 0 amide bonds. The largest absolute Gasteiger partial charge is 0.366 e. The van der Waals surface area contributed by atoms with E-state index in [1.807, 2.05) is 0 Å². The summed E-state index contributed by atoms with van der Waals surface area (Å²) in [4.78, 5) is 28.5. The van der Waals surface area contributed by atoms with Gasteiger partial charge in [-0.2, -0.15) is 5.10 Å². The molecular formula is C14H14ClN3O3. The van der Waals surface area contributed by atoms with Crippen molar-refractivity contribution in [2.45, 2.75) is 6.92 Å². The Morgan fingerprint density at radius 2 is 2.05 bits per heavy atom. The fraction of sp³-hybridized carbons (Fsp3) is 0.214. The summed E-state index contributed by atoms with van der Waals surface area (Å²) in [5.74, 6) is -0.858. The predicted octanol–water partition coefficient (Wildman–Crippen LogP) is 1.93. The van der Waals surface area contributed by atoms with Crippen molar-refractivity contribution in [3.05, 3.63) is 52.3 Å². The first-order valence-corrected chi connectivity index (χ1v) is 6.59. The quantitative estimate of drug-likeness (QED) is 0.675. The number of nitrogens with zero attached hydrogens (tertiary/aromatic N) is 2. The molecule has 0 aliphatic rings. The van der Waals surface area contributed by atoms with E-state index in [0.717, 1.165) is 0 Å². The Bertz CT molecular complexity index is 682. The Labute approximate surface area is 126 Å². The average Bonchev–Trinajstić information content (AvgIpc) is 2.78. The van der Waals surface area contributed by atoms with Gasteiger partial charge in [-0.3, -0.25) is 9.48 Å².